The number of fused-ring (bicyclic) bond motifs is 1. The van der Waals surface area contributed by atoms with E-state index in [1.165, 1.54) is 23.5 Å². The van der Waals surface area contributed by atoms with E-state index in [-0.39, 0.29) is 22.6 Å². The molecule has 2 heterocycles. The largest absolute Gasteiger partial charge is 0.376 e. The van der Waals surface area contributed by atoms with Crippen molar-refractivity contribution in [3.8, 4) is 0 Å². The molecule has 0 radical (unpaired) electrons. The van der Waals surface area contributed by atoms with Gasteiger partial charge in [-0.05, 0) is 55.7 Å². The minimum atomic E-state index is -0.474. The molecule has 1 aliphatic heterocycles. The van der Waals surface area contributed by atoms with E-state index in [4.69, 9.17) is 16.3 Å². The van der Waals surface area contributed by atoms with Crippen LogP contribution in [0.2, 0.25) is 5.02 Å². The minimum absolute atomic E-state index is 0.0399. The van der Waals surface area contributed by atoms with Crippen LogP contribution in [0.25, 0.3) is 10.2 Å². The Morgan fingerprint density at radius 3 is 2.96 bits per heavy atom. The number of aromatic nitrogens is 1. The Balaban J connectivity index is 1.73. The maximum Gasteiger partial charge on any atom is 0.261 e. The maximum absolute atomic E-state index is 13.4. The van der Waals surface area contributed by atoms with Crippen LogP contribution in [0.5, 0.6) is 0 Å². The second-order valence-electron chi connectivity index (χ2n) is 6.64. The molecule has 2 aromatic carbocycles. The summed E-state index contributed by atoms with van der Waals surface area (Å²) < 4.78 is 20.1. The molecule has 27 heavy (non-hydrogen) atoms. The molecule has 1 fully saturated rings. The molecule has 1 aliphatic rings. The zero-order valence-electron chi connectivity index (χ0n) is 14.7. The predicted molar refractivity (Wildman–Crippen MR) is 106 cm³/mol. The normalized spacial score (nSPS) is 16.8. The Bertz CT molecular complexity index is 1000. The Hall–Kier alpha value is -2.02. The fourth-order valence-electron chi connectivity index (χ4n) is 3.18. The van der Waals surface area contributed by atoms with E-state index in [0.29, 0.717) is 18.3 Å². The molecule has 1 unspecified atom stereocenters. The van der Waals surface area contributed by atoms with Crippen molar-refractivity contribution >= 4 is 44.2 Å². The number of hydrogen-bond acceptors (Lipinski definition) is 4. The average Bonchev–Trinajstić information content (AvgIpc) is 3.28. The van der Waals surface area contributed by atoms with E-state index < -0.39 is 5.82 Å². The molecule has 3 aromatic rings. The number of benzene rings is 2. The van der Waals surface area contributed by atoms with Gasteiger partial charge in [-0.2, -0.15) is 0 Å². The van der Waals surface area contributed by atoms with Crippen LogP contribution in [0.15, 0.2) is 36.4 Å². The first-order valence-corrected chi connectivity index (χ1v) is 9.96. The average molecular weight is 405 g/mol. The van der Waals surface area contributed by atoms with Crippen molar-refractivity contribution in [3.05, 3.63) is 58.4 Å². The van der Waals surface area contributed by atoms with Crippen LogP contribution in [0.3, 0.4) is 0 Å². The van der Waals surface area contributed by atoms with Gasteiger partial charge in [0, 0.05) is 6.61 Å². The summed E-state index contributed by atoms with van der Waals surface area (Å²) in [6.45, 7) is 3.11. The minimum Gasteiger partial charge on any atom is -0.376 e. The van der Waals surface area contributed by atoms with Gasteiger partial charge in [-0.3, -0.25) is 9.69 Å². The number of nitrogens with zero attached hydrogens (tertiary/aromatic N) is 2. The van der Waals surface area contributed by atoms with Gasteiger partial charge in [0.05, 0.1) is 33.5 Å². The van der Waals surface area contributed by atoms with Gasteiger partial charge in [-0.15, -0.1) is 0 Å². The number of amides is 1. The third-order valence-corrected chi connectivity index (χ3v) is 5.93. The van der Waals surface area contributed by atoms with Crippen molar-refractivity contribution in [2.45, 2.75) is 25.9 Å². The molecule has 0 N–H and O–H groups in total. The Labute approximate surface area is 165 Å². The molecule has 0 spiro atoms. The lowest BCUT2D eigenvalue weighted by Crippen LogP contribution is -2.37. The van der Waals surface area contributed by atoms with Gasteiger partial charge in [0.15, 0.2) is 5.13 Å². The van der Waals surface area contributed by atoms with Crippen molar-refractivity contribution < 1.29 is 13.9 Å². The molecule has 1 amide bonds. The third kappa shape index (κ3) is 3.83. The van der Waals surface area contributed by atoms with E-state index in [2.05, 4.69) is 11.1 Å². The van der Waals surface area contributed by atoms with Gasteiger partial charge < -0.3 is 4.74 Å². The van der Waals surface area contributed by atoms with Crippen molar-refractivity contribution in [3.63, 3.8) is 0 Å². The second-order valence-corrected chi connectivity index (χ2v) is 8.06. The molecule has 1 aromatic heterocycles. The lowest BCUT2D eigenvalue weighted by Gasteiger charge is -2.23. The molecule has 1 saturated heterocycles. The topological polar surface area (TPSA) is 42.4 Å². The Morgan fingerprint density at radius 2 is 2.22 bits per heavy atom. The summed E-state index contributed by atoms with van der Waals surface area (Å²) in [4.78, 5) is 19.5. The first-order valence-electron chi connectivity index (χ1n) is 8.77. The molecular formula is C20H18ClFN2O2S. The summed E-state index contributed by atoms with van der Waals surface area (Å²) in [6.07, 6.45) is 1.83. The number of thiazole rings is 1. The van der Waals surface area contributed by atoms with E-state index in [1.807, 2.05) is 19.1 Å². The highest BCUT2D eigenvalue weighted by Crippen LogP contribution is 2.32. The molecule has 0 bridgehead atoms. The zero-order valence-corrected chi connectivity index (χ0v) is 16.3. The van der Waals surface area contributed by atoms with Crippen molar-refractivity contribution in [2.75, 3.05) is 18.1 Å². The van der Waals surface area contributed by atoms with E-state index in [9.17, 15) is 9.18 Å². The maximum atomic E-state index is 13.4. The summed E-state index contributed by atoms with van der Waals surface area (Å²) in [5, 5.41) is 0.686. The first kappa shape index (κ1) is 18.3. The number of ether oxygens (including phenoxy) is 1. The van der Waals surface area contributed by atoms with Crippen molar-refractivity contribution in [2.24, 2.45) is 0 Å². The Kier molecular flexibility index (Phi) is 5.12. The fraction of sp³-hybridized carbons (Fsp3) is 0.300. The Morgan fingerprint density at radius 1 is 1.37 bits per heavy atom. The van der Waals surface area contributed by atoms with Gasteiger partial charge in [0.2, 0.25) is 0 Å². The van der Waals surface area contributed by atoms with E-state index in [1.54, 1.807) is 4.90 Å². The zero-order chi connectivity index (χ0) is 19.0. The number of rotatable bonds is 4. The number of carbonyl (C=O) groups is 1. The summed E-state index contributed by atoms with van der Waals surface area (Å²) in [7, 11) is 0. The molecule has 4 nitrogen and oxygen atoms in total. The monoisotopic (exact) mass is 404 g/mol. The highest BCUT2D eigenvalue weighted by atomic mass is 35.5. The van der Waals surface area contributed by atoms with Gasteiger partial charge >= 0.3 is 0 Å². The van der Waals surface area contributed by atoms with Gasteiger partial charge in [-0.1, -0.05) is 29.0 Å². The second kappa shape index (κ2) is 7.54. The van der Waals surface area contributed by atoms with Crippen LogP contribution in [0.4, 0.5) is 9.52 Å². The lowest BCUT2D eigenvalue weighted by atomic mass is 10.1. The molecular weight excluding hydrogens is 387 g/mol. The number of anilines is 1. The highest BCUT2D eigenvalue weighted by Gasteiger charge is 2.28. The van der Waals surface area contributed by atoms with Gasteiger partial charge in [0.1, 0.15) is 5.82 Å². The fourth-order valence-corrected chi connectivity index (χ4v) is 4.50. The molecule has 7 heteroatoms. The molecule has 0 aliphatic carbocycles. The van der Waals surface area contributed by atoms with Crippen LogP contribution in [0, 0.1) is 12.7 Å². The SMILES string of the molecule is Cc1ccc2nc(N(CC3CCCO3)C(=O)c3ccc(F)cc3Cl)sc2c1. The summed E-state index contributed by atoms with van der Waals surface area (Å²) in [5.41, 5.74) is 2.23. The van der Waals surface area contributed by atoms with Crippen molar-refractivity contribution in [1.82, 2.24) is 4.98 Å². The van der Waals surface area contributed by atoms with Gasteiger partial charge in [-0.25, -0.2) is 9.37 Å². The number of halogens is 2. The summed E-state index contributed by atoms with van der Waals surface area (Å²) >= 11 is 7.59. The number of hydrogen-bond donors (Lipinski definition) is 0. The van der Waals surface area contributed by atoms with Crippen LogP contribution in [-0.2, 0) is 4.74 Å². The first-order chi connectivity index (χ1) is 13.0. The van der Waals surface area contributed by atoms with E-state index >= 15 is 0 Å². The number of aryl methyl sites for hydroxylation is 1. The third-order valence-electron chi connectivity index (χ3n) is 4.58. The molecule has 4 rings (SSSR count). The summed E-state index contributed by atoms with van der Waals surface area (Å²) in [5.74, 6) is -0.774. The van der Waals surface area contributed by atoms with E-state index in [0.717, 1.165) is 34.7 Å². The predicted octanol–water partition coefficient (Wildman–Crippen LogP) is 5.22. The van der Waals surface area contributed by atoms with Crippen LogP contribution in [-0.4, -0.2) is 30.1 Å². The summed E-state index contributed by atoms with van der Waals surface area (Å²) in [6, 6.07) is 9.81. The van der Waals surface area contributed by atoms with Crippen molar-refractivity contribution in [1.29, 1.82) is 0 Å². The van der Waals surface area contributed by atoms with Crippen LogP contribution < -0.4 is 4.90 Å². The lowest BCUT2D eigenvalue weighted by molar-refractivity contribution is 0.0917. The van der Waals surface area contributed by atoms with Crippen LogP contribution in [0.1, 0.15) is 28.8 Å². The molecule has 0 saturated carbocycles. The molecule has 1 atom stereocenters. The number of carbonyl (C=O) groups excluding carboxylic acids is 1. The smallest absolute Gasteiger partial charge is 0.261 e. The standard InChI is InChI=1S/C20H18ClFN2O2S/c1-12-4-7-17-18(9-12)27-20(23-17)24(11-14-3-2-8-26-14)19(25)15-6-5-13(22)10-16(15)21/h4-7,9-10,14H,2-3,8,11H2,1H3. The quantitative estimate of drug-likeness (QED) is 0.598. The molecule has 140 valence electrons. The highest BCUT2D eigenvalue weighted by molar-refractivity contribution is 7.22. The van der Waals surface area contributed by atoms with Gasteiger partial charge in [0.25, 0.3) is 5.91 Å². The van der Waals surface area contributed by atoms with Crippen LogP contribution >= 0.6 is 22.9 Å².